The first-order valence-electron chi connectivity index (χ1n) is 8.50. The van der Waals surface area contributed by atoms with Crippen molar-refractivity contribution in [2.75, 3.05) is 18.4 Å². The molecule has 0 saturated carbocycles. The molecule has 7 nitrogen and oxygen atoms in total. The number of fused-ring (bicyclic) bond motifs is 1. The molecule has 136 valence electrons. The third-order valence-corrected chi connectivity index (χ3v) is 4.28. The van der Waals surface area contributed by atoms with E-state index in [4.69, 9.17) is 11.6 Å². The largest absolute Gasteiger partial charge is 0.368 e. The van der Waals surface area contributed by atoms with E-state index in [0.29, 0.717) is 41.8 Å². The van der Waals surface area contributed by atoms with Crippen LogP contribution in [0.2, 0.25) is 5.02 Å². The van der Waals surface area contributed by atoms with Crippen LogP contribution in [0.3, 0.4) is 0 Å². The summed E-state index contributed by atoms with van der Waals surface area (Å²) < 4.78 is 1.74. The molecule has 8 heteroatoms. The Hall–Kier alpha value is -2.67. The standard InChI is InChI=1S/C18H21ClN6O/c1-4-15(26)20-9-10-21-17-16-11(2)24-25(18(16)23-12(3)22-17)14-8-6-5-7-13(14)19/h5-8H,4,9-10H2,1-3H3,(H,20,26)(H,21,22,23). The van der Waals surface area contributed by atoms with Crippen molar-refractivity contribution in [2.45, 2.75) is 27.2 Å². The van der Waals surface area contributed by atoms with Gasteiger partial charge < -0.3 is 10.6 Å². The zero-order valence-electron chi connectivity index (χ0n) is 15.0. The molecule has 0 saturated heterocycles. The van der Waals surface area contributed by atoms with E-state index in [1.807, 2.05) is 45.0 Å². The second-order valence-corrected chi connectivity index (χ2v) is 6.30. The van der Waals surface area contributed by atoms with Crippen LogP contribution < -0.4 is 10.6 Å². The first-order valence-corrected chi connectivity index (χ1v) is 8.88. The minimum atomic E-state index is 0.0264. The van der Waals surface area contributed by atoms with Crippen LogP contribution >= 0.6 is 11.6 Å². The molecule has 26 heavy (non-hydrogen) atoms. The van der Waals surface area contributed by atoms with Gasteiger partial charge in [-0.15, -0.1) is 0 Å². The van der Waals surface area contributed by atoms with Gasteiger partial charge in [-0.25, -0.2) is 14.6 Å². The maximum Gasteiger partial charge on any atom is 0.219 e. The Labute approximate surface area is 156 Å². The van der Waals surface area contributed by atoms with Gasteiger partial charge in [0, 0.05) is 19.5 Å². The lowest BCUT2D eigenvalue weighted by Crippen LogP contribution is -2.28. The third kappa shape index (κ3) is 3.62. The van der Waals surface area contributed by atoms with Gasteiger partial charge in [0.2, 0.25) is 5.91 Å². The molecular formula is C18H21ClN6O. The van der Waals surface area contributed by atoms with Crippen LogP contribution in [0.5, 0.6) is 0 Å². The molecule has 2 heterocycles. The lowest BCUT2D eigenvalue weighted by atomic mass is 10.3. The smallest absolute Gasteiger partial charge is 0.219 e. The lowest BCUT2D eigenvalue weighted by Gasteiger charge is -2.10. The maximum absolute atomic E-state index is 11.3. The van der Waals surface area contributed by atoms with E-state index >= 15 is 0 Å². The normalized spacial score (nSPS) is 10.9. The summed E-state index contributed by atoms with van der Waals surface area (Å²) in [7, 11) is 0. The summed E-state index contributed by atoms with van der Waals surface area (Å²) in [6, 6.07) is 7.51. The third-order valence-electron chi connectivity index (χ3n) is 3.96. The van der Waals surface area contributed by atoms with E-state index in [0.717, 1.165) is 16.8 Å². The van der Waals surface area contributed by atoms with Crippen LogP contribution in [-0.4, -0.2) is 38.7 Å². The first kappa shape index (κ1) is 18.1. The van der Waals surface area contributed by atoms with Gasteiger partial charge in [-0.2, -0.15) is 5.10 Å². The average Bonchev–Trinajstić information content (AvgIpc) is 2.95. The number of carbonyl (C=O) groups excluding carboxylic acids is 1. The van der Waals surface area contributed by atoms with Crippen molar-refractivity contribution in [1.29, 1.82) is 0 Å². The SMILES string of the molecule is CCC(=O)NCCNc1nc(C)nc2c1c(C)nn2-c1ccccc1Cl. The quantitative estimate of drug-likeness (QED) is 0.650. The number of hydrogen-bond donors (Lipinski definition) is 2. The zero-order valence-corrected chi connectivity index (χ0v) is 15.8. The highest BCUT2D eigenvalue weighted by Crippen LogP contribution is 2.28. The highest BCUT2D eigenvalue weighted by molar-refractivity contribution is 6.32. The monoisotopic (exact) mass is 372 g/mol. The van der Waals surface area contributed by atoms with Crippen LogP contribution in [0.1, 0.15) is 24.9 Å². The number of para-hydroxylation sites is 1. The van der Waals surface area contributed by atoms with E-state index in [9.17, 15) is 4.79 Å². The van der Waals surface area contributed by atoms with E-state index in [1.54, 1.807) is 4.68 Å². The van der Waals surface area contributed by atoms with Crippen molar-refractivity contribution in [1.82, 2.24) is 25.1 Å². The van der Waals surface area contributed by atoms with Gasteiger partial charge >= 0.3 is 0 Å². The minimum Gasteiger partial charge on any atom is -0.368 e. The summed E-state index contributed by atoms with van der Waals surface area (Å²) in [6.07, 6.45) is 0.473. The number of hydrogen-bond acceptors (Lipinski definition) is 5. The molecule has 0 atom stereocenters. The molecule has 1 aromatic carbocycles. The number of aromatic nitrogens is 4. The average molecular weight is 373 g/mol. The van der Waals surface area contributed by atoms with E-state index < -0.39 is 0 Å². The van der Waals surface area contributed by atoms with Gasteiger partial charge in [-0.05, 0) is 26.0 Å². The van der Waals surface area contributed by atoms with Crippen molar-refractivity contribution >= 4 is 34.4 Å². The minimum absolute atomic E-state index is 0.0264. The van der Waals surface area contributed by atoms with E-state index in [2.05, 4.69) is 25.7 Å². The van der Waals surface area contributed by atoms with E-state index in [-0.39, 0.29) is 5.91 Å². The summed E-state index contributed by atoms with van der Waals surface area (Å²) in [5.41, 5.74) is 2.27. The van der Waals surface area contributed by atoms with Crippen molar-refractivity contribution < 1.29 is 4.79 Å². The van der Waals surface area contributed by atoms with Crippen LogP contribution in [-0.2, 0) is 4.79 Å². The van der Waals surface area contributed by atoms with Crippen molar-refractivity contribution in [3.63, 3.8) is 0 Å². The van der Waals surface area contributed by atoms with Crippen molar-refractivity contribution in [2.24, 2.45) is 0 Å². The molecule has 0 fully saturated rings. The number of amides is 1. The molecule has 0 aliphatic rings. The molecule has 3 aromatic rings. The number of carbonyl (C=O) groups is 1. The second kappa shape index (κ2) is 7.70. The number of nitrogens with one attached hydrogen (secondary N) is 2. The Morgan fingerprint density at radius 1 is 1.19 bits per heavy atom. The molecule has 2 N–H and O–H groups in total. The Balaban J connectivity index is 1.96. The summed E-state index contributed by atoms with van der Waals surface area (Å²) in [6.45, 7) is 6.66. The summed E-state index contributed by atoms with van der Waals surface area (Å²) >= 11 is 6.33. The Morgan fingerprint density at radius 3 is 2.69 bits per heavy atom. The van der Waals surface area contributed by atoms with Crippen LogP contribution in [0.15, 0.2) is 24.3 Å². The van der Waals surface area contributed by atoms with Gasteiger partial charge in [0.15, 0.2) is 5.65 Å². The number of rotatable bonds is 6. The molecule has 3 rings (SSSR count). The topological polar surface area (TPSA) is 84.7 Å². The number of anilines is 1. The predicted octanol–water partition coefficient (Wildman–Crippen LogP) is 3.02. The van der Waals surface area contributed by atoms with Gasteiger partial charge in [-0.1, -0.05) is 30.7 Å². The molecule has 0 spiro atoms. The maximum atomic E-state index is 11.3. The Kier molecular flexibility index (Phi) is 5.37. The summed E-state index contributed by atoms with van der Waals surface area (Å²) in [5, 5.41) is 12.2. The van der Waals surface area contributed by atoms with Gasteiger partial charge in [0.1, 0.15) is 11.6 Å². The van der Waals surface area contributed by atoms with Gasteiger partial charge in [0.05, 0.1) is 21.8 Å². The molecule has 0 aliphatic carbocycles. The fraction of sp³-hybridized carbons (Fsp3) is 0.333. The molecular weight excluding hydrogens is 352 g/mol. The highest BCUT2D eigenvalue weighted by Gasteiger charge is 2.17. The lowest BCUT2D eigenvalue weighted by molar-refractivity contribution is -0.120. The first-order chi connectivity index (χ1) is 12.5. The van der Waals surface area contributed by atoms with E-state index in [1.165, 1.54) is 0 Å². The van der Waals surface area contributed by atoms with Crippen LogP contribution in [0.4, 0.5) is 5.82 Å². The molecule has 0 aliphatic heterocycles. The van der Waals surface area contributed by atoms with Gasteiger partial charge in [-0.3, -0.25) is 4.79 Å². The number of aryl methyl sites for hydroxylation is 2. The fourth-order valence-corrected chi connectivity index (χ4v) is 2.93. The van der Waals surface area contributed by atoms with Crippen LogP contribution in [0.25, 0.3) is 16.7 Å². The molecule has 0 bridgehead atoms. The molecule has 2 aromatic heterocycles. The van der Waals surface area contributed by atoms with Crippen LogP contribution in [0, 0.1) is 13.8 Å². The van der Waals surface area contributed by atoms with Crippen molar-refractivity contribution in [3.05, 3.63) is 40.8 Å². The zero-order chi connectivity index (χ0) is 18.7. The summed E-state index contributed by atoms with van der Waals surface area (Å²) in [5.74, 6) is 1.36. The van der Waals surface area contributed by atoms with Crippen molar-refractivity contribution in [3.8, 4) is 5.69 Å². The fourth-order valence-electron chi connectivity index (χ4n) is 2.72. The highest BCUT2D eigenvalue weighted by atomic mass is 35.5. The Morgan fingerprint density at radius 2 is 1.96 bits per heavy atom. The number of benzene rings is 1. The second-order valence-electron chi connectivity index (χ2n) is 5.90. The molecule has 0 radical (unpaired) electrons. The predicted molar refractivity (Wildman–Crippen MR) is 103 cm³/mol. The molecule has 0 unspecified atom stereocenters. The molecule has 1 amide bonds. The summed E-state index contributed by atoms with van der Waals surface area (Å²) in [4.78, 5) is 20.4. The number of halogens is 1. The number of nitrogens with zero attached hydrogens (tertiary/aromatic N) is 4. The van der Waals surface area contributed by atoms with Gasteiger partial charge in [0.25, 0.3) is 0 Å². The Bertz CT molecular complexity index is 952.